The number of fused-ring (bicyclic) bond motifs is 2. The summed E-state index contributed by atoms with van der Waals surface area (Å²) in [6.45, 7) is 5.74. The van der Waals surface area contributed by atoms with Crippen LogP contribution in [0.5, 0.6) is 0 Å². The molecule has 0 spiro atoms. The molecule has 7 nitrogen and oxygen atoms in total. The van der Waals surface area contributed by atoms with Crippen molar-refractivity contribution in [3.8, 4) is 0 Å². The third-order valence-corrected chi connectivity index (χ3v) is 5.54. The molecular weight excluding hydrogens is 352 g/mol. The summed E-state index contributed by atoms with van der Waals surface area (Å²) in [4.78, 5) is 26.6. The molecule has 0 aliphatic heterocycles. The summed E-state index contributed by atoms with van der Waals surface area (Å²) < 4.78 is 5.96. The first-order valence-electron chi connectivity index (χ1n) is 9.97. The molecule has 0 N–H and O–H groups in total. The van der Waals surface area contributed by atoms with Crippen molar-refractivity contribution in [2.45, 2.75) is 52.2 Å². The van der Waals surface area contributed by atoms with Crippen LogP contribution in [0.25, 0.3) is 22.1 Å². The molecule has 28 heavy (non-hydrogen) atoms. The van der Waals surface area contributed by atoms with E-state index in [-0.39, 0.29) is 5.69 Å². The van der Waals surface area contributed by atoms with E-state index in [1.807, 2.05) is 27.5 Å². The van der Waals surface area contributed by atoms with Crippen molar-refractivity contribution in [2.24, 2.45) is 5.92 Å². The van der Waals surface area contributed by atoms with E-state index in [4.69, 9.17) is 4.98 Å². The van der Waals surface area contributed by atoms with E-state index >= 15 is 0 Å². The maximum atomic E-state index is 13.2. The highest BCUT2D eigenvalue weighted by Crippen LogP contribution is 2.36. The average molecular weight is 376 g/mol. The van der Waals surface area contributed by atoms with E-state index in [0.717, 1.165) is 53.7 Å². The van der Waals surface area contributed by atoms with E-state index < -0.39 is 0 Å². The number of aromatic nitrogens is 6. The van der Waals surface area contributed by atoms with Gasteiger partial charge in [0, 0.05) is 25.0 Å². The summed E-state index contributed by atoms with van der Waals surface area (Å²) in [5.41, 5.74) is 3.82. The van der Waals surface area contributed by atoms with Crippen molar-refractivity contribution in [1.29, 1.82) is 0 Å². The molecule has 1 saturated carbocycles. The van der Waals surface area contributed by atoms with Crippen LogP contribution in [0.1, 0.15) is 45.0 Å². The number of hydrogen-bond acceptors (Lipinski definition) is 4. The van der Waals surface area contributed by atoms with Gasteiger partial charge in [-0.05, 0) is 37.3 Å². The molecule has 1 fully saturated rings. The van der Waals surface area contributed by atoms with Crippen molar-refractivity contribution in [3.63, 3.8) is 0 Å². The van der Waals surface area contributed by atoms with Crippen LogP contribution >= 0.6 is 0 Å². The maximum absolute atomic E-state index is 13.2. The van der Waals surface area contributed by atoms with E-state index in [0.29, 0.717) is 18.5 Å². The van der Waals surface area contributed by atoms with Crippen LogP contribution in [0.2, 0.25) is 0 Å². The zero-order valence-corrected chi connectivity index (χ0v) is 16.2. The van der Waals surface area contributed by atoms with Gasteiger partial charge in [-0.2, -0.15) is 0 Å². The second-order valence-corrected chi connectivity index (χ2v) is 8.06. The van der Waals surface area contributed by atoms with Crippen LogP contribution in [-0.2, 0) is 13.1 Å². The lowest BCUT2D eigenvalue weighted by molar-refractivity contribution is 0.506. The van der Waals surface area contributed by atoms with Crippen molar-refractivity contribution in [3.05, 3.63) is 53.2 Å². The first-order chi connectivity index (χ1) is 13.6. The summed E-state index contributed by atoms with van der Waals surface area (Å²) in [6, 6.07) is 4.20. The summed E-state index contributed by atoms with van der Waals surface area (Å²) in [7, 11) is 0. The van der Waals surface area contributed by atoms with Crippen LogP contribution in [0, 0.1) is 5.92 Å². The Labute approximate surface area is 162 Å². The van der Waals surface area contributed by atoms with Crippen LogP contribution in [0.15, 0.2) is 41.7 Å². The zero-order chi connectivity index (χ0) is 19.3. The molecule has 0 bridgehead atoms. The largest absolute Gasteiger partial charge is 0.329 e. The van der Waals surface area contributed by atoms with E-state index in [1.54, 1.807) is 18.6 Å². The Kier molecular flexibility index (Phi) is 4.03. The van der Waals surface area contributed by atoms with Crippen LogP contribution in [0.4, 0.5) is 0 Å². The molecule has 0 aromatic carbocycles. The quantitative estimate of drug-likeness (QED) is 0.517. The van der Waals surface area contributed by atoms with Gasteiger partial charge in [-0.15, -0.1) is 0 Å². The monoisotopic (exact) mass is 376 g/mol. The van der Waals surface area contributed by atoms with Crippen LogP contribution < -0.4 is 5.69 Å². The van der Waals surface area contributed by atoms with Crippen molar-refractivity contribution >= 4 is 22.1 Å². The van der Waals surface area contributed by atoms with Crippen molar-refractivity contribution < 1.29 is 0 Å². The molecule has 0 amide bonds. The number of hydrogen-bond donors (Lipinski definition) is 0. The molecule has 7 heteroatoms. The molecule has 5 rings (SSSR count). The molecule has 1 aliphatic rings. The average Bonchev–Trinajstić information content (AvgIpc) is 3.40. The fraction of sp³-hybridized carbons (Fsp3) is 0.429. The lowest BCUT2D eigenvalue weighted by Crippen LogP contribution is -2.25. The second kappa shape index (κ2) is 6.58. The number of rotatable bonds is 6. The number of pyridine rings is 2. The first kappa shape index (κ1) is 17.2. The highest BCUT2D eigenvalue weighted by atomic mass is 16.1. The Balaban J connectivity index is 1.64. The summed E-state index contributed by atoms with van der Waals surface area (Å²) in [6.07, 6.45) is 10.4. The first-order valence-corrected chi connectivity index (χ1v) is 9.97. The molecule has 0 unspecified atom stereocenters. The number of nitrogens with zero attached hydrogens (tertiary/aromatic N) is 6. The Morgan fingerprint density at radius 2 is 1.79 bits per heavy atom. The Bertz CT molecular complexity index is 1210. The molecule has 0 atom stereocenters. The van der Waals surface area contributed by atoms with E-state index in [9.17, 15) is 4.79 Å². The molecular formula is C21H24N6O. The van der Waals surface area contributed by atoms with Crippen LogP contribution in [0.3, 0.4) is 0 Å². The smallest absolute Gasteiger partial charge is 0.325 e. The Morgan fingerprint density at radius 3 is 2.54 bits per heavy atom. The predicted octanol–water partition coefficient (Wildman–Crippen LogP) is 3.37. The minimum Gasteiger partial charge on any atom is -0.325 e. The number of imidazole rings is 2. The molecule has 4 aromatic heterocycles. The second-order valence-electron chi connectivity index (χ2n) is 8.06. The topological polar surface area (TPSA) is 70.5 Å². The van der Waals surface area contributed by atoms with Gasteiger partial charge in [0.25, 0.3) is 0 Å². The lowest BCUT2D eigenvalue weighted by Gasteiger charge is -2.11. The highest BCUT2D eigenvalue weighted by molar-refractivity contribution is 5.76. The van der Waals surface area contributed by atoms with Crippen LogP contribution in [-0.4, -0.2) is 28.7 Å². The Morgan fingerprint density at radius 1 is 1.04 bits per heavy atom. The minimum atomic E-state index is 0.0334. The van der Waals surface area contributed by atoms with E-state index in [2.05, 4.69) is 28.4 Å². The van der Waals surface area contributed by atoms with Gasteiger partial charge in [0.2, 0.25) is 0 Å². The van der Waals surface area contributed by atoms with Gasteiger partial charge in [0.05, 0.1) is 41.0 Å². The fourth-order valence-corrected chi connectivity index (χ4v) is 3.88. The third-order valence-electron chi connectivity index (χ3n) is 5.54. The molecule has 4 aromatic rings. The lowest BCUT2D eigenvalue weighted by atomic mass is 10.1. The number of aryl methyl sites for hydroxylation is 1. The molecule has 0 saturated heterocycles. The standard InChI is InChI=1S/C21H24N6O/c1-14(2)7-10-25-18-11-22-8-5-16(18)24-20(25)13-26-19-12-23-9-6-17(19)27(21(26)28)15-3-4-15/h5-6,8-9,11-12,14-15H,3-4,7,10,13H2,1-2H3. The normalized spacial score (nSPS) is 14.5. The Hall–Kier alpha value is -2.96. The summed E-state index contributed by atoms with van der Waals surface area (Å²) >= 11 is 0. The highest BCUT2D eigenvalue weighted by Gasteiger charge is 2.29. The van der Waals surface area contributed by atoms with Gasteiger partial charge in [-0.1, -0.05) is 13.8 Å². The van der Waals surface area contributed by atoms with Gasteiger partial charge in [0.15, 0.2) is 0 Å². The summed E-state index contributed by atoms with van der Waals surface area (Å²) in [5, 5.41) is 0. The maximum Gasteiger partial charge on any atom is 0.329 e. The SMILES string of the molecule is CC(C)CCn1c(Cn2c(=O)n(C3CC3)c3ccncc32)nc2ccncc21. The predicted molar refractivity (Wildman–Crippen MR) is 108 cm³/mol. The fourth-order valence-electron chi connectivity index (χ4n) is 3.88. The van der Waals surface area contributed by atoms with Gasteiger partial charge in [-0.3, -0.25) is 19.1 Å². The zero-order valence-electron chi connectivity index (χ0n) is 16.2. The molecule has 1 aliphatic carbocycles. The van der Waals surface area contributed by atoms with Crippen molar-refractivity contribution in [2.75, 3.05) is 0 Å². The summed E-state index contributed by atoms with van der Waals surface area (Å²) in [5.74, 6) is 1.48. The van der Waals surface area contributed by atoms with Gasteiger partial charge < -0.3 is 4.57 Å². The van der Waals surface area contributed by atoms with E-state index in [1.165, 1.54) is 0 Å². The van der Waals surface area contributed by atoms with Gasteiger partial charge >= 0.3 is 5.69 Å². The van der Waals surface area contributed by atoms with Gasteiger partial charge in [-0.25, -0.2) is 9.78 Å². The molecule has 0 radical (unpaired) electrons. The van der Waals surface area contributed by atoms with Gasteiger partial charge in [0.1, 0.15) is 5.82 Å². The molecule has 144 valence electrons. The third kappa shape index (κ3) is 2.82. The van der Waals surface area contributed by atoms with Crippen molar-refractivity contribution in [1.82, 2.24) is 28.7 Å². The minimum absolute atomic E-state index is 0.0334. The molecule has 4 heterocycles.